The van der Waals surface area contributed by atoms with Gasteiger partial charge in [0.1, 0.15) is 24.4 Å². The fourth-order valence-corrected chi connectivity index (χ4v) is 2.13. The smallest absolute Gasteiger partial charge is 0.125 e. The molecule has 1 aliphatic carbocycles. The van der Waals surface area contributed by atoms with E-state index in [9.17, 15) is 20.4 Å². The lowest BCUT2D eigenvalue weighted by molar-refractivity contribution is -0.122. The second-order valence-corrected chi connectivity index (χ2v) is 4.40. The Hall–Kier alpha value is -1.01. The summed E-state index contributed by atoms with van der Waals surface area (Å²) in [6.07, 6.45) is -3.53. The molecule has 94 valence electrons. The molecule has 1 aromatic rings. The Balaban J connectivity index is 2.43. The summed E-state index contributed by atoms with van der Waals surface area (Å²) >= 11 is 0. The second kappa shape index (κ2) is 4.70. The average Bonchev–Trinajstić information content (AvgIpc) is 2.34. The Morgan fingerprint density at radius 2 is 1.71 bits per heavy atom. The van der Waals surface area contributed by atoms with E-state index in [0.717, 1.165) is 18.5 Å². The summed E-state index contributed by atoms with van der Waals surface area (Å²) < 4.78 is 0. The number of fused-ring (bicyclic) bond motifs is 1. The first-order valence-electron chi connectivity index (χ1n) is 5.78. The molecule has 0 aromatic carbocycles. The van der Waals surface area contributed by atoms with Crippen LogP contribution in [0.2, 0.25) is 0 Å². The number of aliphatic hydroxyl groups is 4. The van der Waals surface area contributed by atoms with Gasteiger partial charge in [0, 0.05) is 11.3 Å². The van der Waals surface area contributed by atoms with Gasteiger partial charge in [-0.15, -0.1) is 0 Å². The van der Waals surface area contributed by atoms with Gasteiger partial charge in [0.25, 0.3) is 0 Å². The predicted molar refractivity (Wildman–Crippen MR) is 60.2 cm³/mol. The normalized spacial score (nSPS) is 32.3. The van der Waals surface area contributed by atoms with Crippen molar-refractivity contribution in [2.45, 2.75) is 44.2 Å². The predicted octanol–water partition coefficient (Wildman–Crippen LogP) is -0.164. The average molecular weight is 239 g/mol. The quantitative estimate of drug-likeness (QED) is 0.575. The van der Waals surface area contributed by atoms with Gasteiger partial charge in [-0.25, -0.2) is 0 Å². The van der Waals surface area contributed by atoms with Gasteiger partial charge in [-0.1, -0.05) is 19.4 Å². The molecular formula is C12H17NO4. The van der Waals surface area contributed by atoms with Crippen LogP contribution in [0.15, 0.2) is 12.1 Å². The molecule has 5 nitrogen and oxygen atoms in total. The van der Waals surface area contributed by atoms with Crippen LogP contribution in [0, 0.1) is 0 Å². The van der Waals surface area contributed by atoms with Crippen LogP contribution in [-0.2, 0) is 6.42 Å². The highest BCUT2D eigenvalue weighted by atomic mass is 16.4. The van der Waals surface area contributed by atoms with Gasteiger partial charge in [0.2, 0.25) is 0 Å². The first kappa shape index (κ1) is 12.4. The maximum Gasteiger partial charge on any atom is 0.125 e. The van der Waals surface area contributed by atoms with Crippen molar-refractivity contribution >= 4 is 0 Å². The van der Waals surface area contributed by atoms with Gasteiger partial charge in [-0.3, -0.25) is 4.98 Å². The fourth-order valence-electron chi connectivity index (χ4n) is 2.13. The third-order valence-corrected chi connectivity index (χ3v) is 3.12. The summed E-state index contributed by atoms with van der Waals surface area (Å²) in [7, 11) is 0. The van der Waals surface area contributed by atoms with Gasteiger partial charge >= 0.3 is 0 Å². The first-order chi connectivity index (χ1) is 8.06. The molecule has 0 aliphatic heterocycles. The first-order valence-corrected chi connectivity index (χ1v) is 5.78. The molecule has 0 saturated carbocycles. The molecule has 0 fully saturated rings. The summed E-state index contributed by atoms with van der Waals surface area (Å²) in [6.45, 7) is 2.02. The van der Waals surface area contributed by atoms with Crippen molar-refractivity contribution in [3.63, 3.8) is 0 Å². The Kier molecular flexibility index (Phi) is 3.44. The molecule has 4 atom stereocenters. The molecule has 0 spiro atoms. The van der Waals surface area contributed by atoms with E-state index in [1.165, 1.54) is 0 Å². The number of hydrogen-bond donors (Lipinski definition) is 4. The van der Waals surface area contributed by atoms with Crippen LogP contribution in [-0.4, -0.2) is 37.6 Å². The van der Waals surface area contributed by atoms with Crippen LogP contribution in [0.25, 0.3) is 0 Å². The summed E-state index contributed by atoms with van der Waals surface area (Å²) in [5, 5.41) is 38.7. The van der Waals surface area contributed by atoms with Crippen LogP contribution >= 0.6 is 0 Å². The molecule has 4 unspecified atom stereocenters. The molecule has 1 aromatic heterocycles. The van der Waals surface area contributed by atoms with Gasteiger partial charge in [-0.05, 0) is 12.5 Å². The standard InChI is InChI=1S/C12H17NO4/c1-2-3-6-4-5-7-8(13-6)10(15)12(17)11(16)9(7)14/h4-5,9-12,14-17H,2-3H2,1H3. The monoisotopic (exact) mass is 239 g/mol. The number of aliphatic hydroxyl groups excluding tert-OH is 4. The maximum atomic E-state index is 9.83. The van der Waals surface area contributed by atoms with E-state index in [-0.39, 0.29) is 5.69 Å². The molecule has 1 aliphatic rings. The van der Waals surface area contributed by atoms with Crippen molar-refractivity contribution in [3.05, 3.63) is 29.1 Å². The van der Waals surface area contributed by atoms with Crippen LogP contribution in [0.3, 0.4) is 0 Å². The zero-order valence-corrected chi connectivity index (χ0v) is 9.61. The molecule has 0 bridgehead atoms. The van der Waals surface area contributed by atoms with Crippen molar-refractivity contribution in [2.24, 2.45) is 0 Å². The van der Waals surface area contributed by atoms with Gasteiger partial charge < -0.3 is 20.4 Å². The number of nitrogens with zero attached hydrogens (tertiary/aromatic N) is 1. The number of pyridine rings is 1. The van der Waals surface area contributed by atoms with Crippen LogP contribution in [0.5, 0.6) is 0 Å². The highest BCUT2D eigenvalue weighted by Gasteiger charge is 2.40. The van der Waals surface area contributed by atoms with Crippen molar-refractivity contribution in [1.82, 2.24) is 4.98 Å². The molecule has 0 amide bonds. The molecule has 0 saturated heterocycles. The number of rotatable bonds is 2. The zero-order chi connectivity index (χ0) is 12.6. The lowest BCUT2D eigenvalue weighted by Crippen LogP contribution is -2.42. The fraction of sp³-hybridized carbons (Fsp3) is 0.583. The molecule has 17 heavy (non-hydrogen) atoms. The minimum Gasteiger partial charge on any atom is -0.387 e. The lowest BCUT2D eigenvalue weighted by Gasteiger charge is -2.33. The lowest BCUT2D eigenvalue weighted by atomic mass is 9.86. The molecule has 1 heterocycles. The van der Waals surface area contributed by atoms with Gasteiger partial charge in [0.15, 0.2) is 0 Å². The Morgan fingerprint density at radius 3 is 2.35 bits per heavy atom. The van der Waals surface area contributed by atoms with Gasteiger partial charge in [-0.2, -0.15) is 0 Å². The maximum absolute atomic E-state index is 9.83. The summed E-state index contributed by atoms with van der Waals surface area (Å²) in [4.78, 5) is 4.24. The molecule has 0 radical (unpaired) electrons. The van der Waals surface area contributed by atoms with E-state index in [1.54, 1.807) is 12.1 Å². The third kappa shape index (κ3) is 2.07. The van der Waals surface area contributed by atoms with E-state index in [1.807, 2.05) is 6.92 Å². The summed E-state index contributed by atoms with van der Waals surface area (Å²) in [5.41, 5.74) is 1.46. The van der Waals surface area contributed by atoms with E-state index >= 15 is 0 Å². The highest BCUT2D eigenvalue weighted by molar-refractivity contribution is 5.32. The minimum absolute atomic E-state index is 0.265. The van der Waals surface area contributed by atoms with E-state index in [2.05, 4.69) is 4.98 Å². The third-order valence-electron chi connectivity index (χ3n) is 3.12. The number of aromatic nitrogens is 1. The molecular weight excluding hydrogens is 222 g/mol. The SMILES string of the molecule is CCCc1ccc2c(n1)C(O)C(O)C(O)C2O. The Labute approximate surface area is 99.4 Å². The molecule has 5 heteroatoms. The Bertz CT molecular complexity index is 409. The van der Waals surface area contributed by atoms with Crippen molar-refractivity contribution in [2.75, 3.05) is 0 Å². The summed E-state index contributed by atoms with van der Waals surface area (Å²) in [5.74, 6) is 0. The van der Waals surface area contributed by atoms with Crippen LogP contribution in [0.4, 0.5) is 0 Å². The molecule has 4 N–H and O–H groups in total. The molecule has 2 rings (SSSR count). The van der Waals surface area contributed by atoms with Crippen molar-refractivity contribution < 1.29 is 20.4 Å². The second-order valence-electron chi connectivity index (χ2n) is 4.40. The summed E-state index contributed by atoms with van der Waals surface area (Å²) in [6, 6.07) is 3.42. The zero-order valence-electron chi connectivity index (χ0n) is 9.61. The highest BCUT2D eigenvalue weighted by Crippen LogP contribution is 2.35. The van der Waals surface area contributed by atoms with Crippen molar-refractivity contribution in [3.8, 4) is 0 Å². The van der Waals surface area contributed by atoms with E-state index in [4.69, 9.17) is 0 Å². The number of hydrogen-bond acceptors (Lipinski definition) is 5. The van der Waals surface area contributed by atoms with Gasteiger partial charge in [0.05, 0.1) is 5.69 Å². The largest absolute Gasteiger partial charge is 0.387 e. The van der Waals surface area contributed by atoms with Crippen LogP contribution < -0.4 is 0 Å². The van der Waals surface area contributed by atoms with Crippen molar-refractivity contribution in [1.29, 1.82) is 0 Å². The number of aryl methyl sites for hydroxylation is 1. The van der Waals surface area contributed by atoms with Crippen LogP contribution in [0.1, 0.15) is 42.5 Å². The van der Waals surface area contributed by atoms with E-state index < -0.39 is 24.4 Å². The Morgan fingerprint density at radius 1 is 1.06 bits per heavy atom. The minimum atomic E-state index is -1.40. The van der Waals surface area contributed by atoms with E-state index in [0.29, 0.717) is 5.56 Å². The topological polar surface area (TPSA) is 93.8 Å².